The van der Waals surface area contributed by atoms with Gasteiger partial charge in [-0.05, 0) is 77.1 Å². The van der Waals surface area contributed by atoms with E-state index < -0.39 is 12.3 Å². The Balaban J connectivity index is 1.49. The summed E-state index contributed by atoms with van der Waals surface area (Å²) < 4.78 is 4.13. The smallest absolute Gasteiger partial charge is 0.508 e. The molecular formula is C31H44N2O6. The Morgan fingerprint density at radius 2 is 1.44 bits per heavy atom. The lowest BCUT2D eigenvalue weighted by molar-refractivity contribution is -0.333. The molecule has 0 aromatic heterocycles. The van der Waals surface area contributed by atoms with Gasteiger partial charge in [0.05, 0.1) is 6.54 Å². The lowest BCUT2D eigenvalue weighted by Crippen LogP contribution is -2.38. The molecule has 1 fully saturated rings. The molecule has 1 atom stereocenters. The monoisotopic (exact) mass is 540 g/mol. The molecule has 1 aliphatic heterocycles. The number of benzene rings is 2. The standard InChI is InChI=1S/C31H44N2O6/c1-23(2)32(24(3)4)21-19-27(26-15-11-9-12-16-26)28-22-25(17-18-29(28)34)14-10-7-5-6-8-13-20-33-38-30(35)37-31(36)39-33/h9,11-12,15-18,22-24,27,34H,5-8,10,13-14,19-21H2,1-4H3/t27-/m1/s1. The number of hydrogen-bond acceptors (Lipinski definition) is 8. The van der Waals surface area contributed by atoms with Crippen LogP contribution in [0.15, 0.2) is 48.5 Å². The molecule has 1 N–H and O–H groups in total. The first-order valence-electron chi connectivity index (χ1n) is 14.3. The van der Waals surface area contributed by atoms with Crippen LogP contribution >= 0.6 is 0 Å². The summed E-state index contributed by atoms with van der Waals surface area (Å²) in [5.74, 6) is 0.501. The van der Waals surface area contributed by atoms with Crippen LogP contribution in [0.4, 0.5) is 9.59 Å². The Labute approximate surface area is 232 Å². The molecule has 2 aromatic carbocycles. The van der Waals surface area contributed by atoms with Crippen LogP contribution in [0.3, 0.4) is 0 Å². The number of carbonyl (C=O) groups excluding carboxylic acids is 2. The number of phenolic OH excluding ortho intramolecular Hbond substituents is 1. The second-order valence-electron chi connectivity index (χ2n) is 10.8. The predicted molar refractivity (Wildman–Crippen MR) is 150 cm³/mol. The van der Waals surface area contributed by atoms with Gasteiger partial charge in [-0.1, -0.05) is 68.1 Å². The second kappa shape index (κ2) is 15.5. The highest BCUT2D eigenvalue weighted by Crippen LogP contribution is 2.35. The number of aryl methyl sites for hydroxylation is 1. The molecule has 2 aromatic rings. The van der Waals surface area contributed by atoms with Crippen molar-refractivity contribution in [1.82, 2.24) is 10.1 Å². The molecule has 0 amide bonds. The normalized spacial score (nSPS) is 14.9. The van der Waals surface area contributed by atoms with Crippen LogP contribution in [0.25, 0.3) is 0 Å². The van der Waals surface area contributed by atoms with Gasteiger partial charge in [0, 0.05) is 28.8 Å². The summed E-state index contributed by atoms with van der Waals surface area (Å²) >= 11 is 0. The number of nitrogens with zero attached hydrogens (tertiary/aromatic N) is 2. The van der Waals surface area contributed by atoms with Crippen LogP contribution in [-0.2, 0) is 20.8 Å². The first-order chi connectivity index (χ1) is 18.7. The van der Waals surface area contributed by atoms with Crippen molar-refractivity contribution in [2.24, 2.45) is 0 Å². The van der Waals surface area contributed by atoms with Gasteiger partial charge in [-0.15, -0.1) is 0 Å². The molecule has 0 spiro atoms. The number of phenols is 1. The van der Waals surface area contributed by atoms with Crippen molar-refractivity contribution in [3.8, 4) is 5.75 Å². The Bertz CT molecular complexity index is 1020. The topological polar surface area (TPSA) is 88.5 Å². The molecule has 3 rings (SSSR count). The van der Waals surface area contributed by atoms with Crippen LogP contribution in [0, 0.1) is 0 Å². The minimum absolute atomic E-state index is 0.135. The minimum Gasteiger partial charge on any atom is -0.508 e. The maximum atomic E-state index is 11.1. The van der Waals surface area contributed by atoms with Gasteiger partial charge in [0.15, 0.2) is 0 Å². The maximum absolute atomic E-state index is 11.1. The Kier molecular flexibility index (Phi) is 12.1. The summed E-state index contributed by atoms with van der Waals surface area (Å²) in [5.41, 5.74) is 3.50. The Morgan fingerprint density at radius 1 is 0.821 bits per heavy atom. The van der Waals surface area contributed by atoms with Gasteiger partial charge in [-0.3, -0.25) is 14.6 Å². The van der Waals surface area contributed by atoms with E-state index in [1.807, 2.05) is 18.2 Å². The largest absolute Gasteiger partial charge is 0.541 e. The van der Waals surface area contributed by atoms with E-state index in [0.29, 0.717) is 24.4 Å². The van der Waals surface area contributed by atoms with Crippen molar-refractivity contribution < 1.29 is 29.1 Å². The van der Waals surface area contributed by atoms with E-state index >= 15 is 0 Å². The highest BCUT2D eigenvalue weighted by atomic mass is 17.1. The fourth-order valence-electron chi connectivity index (χ4n) is 5.28. The molecule has 0 unspecified atom stereocenters. The van der Waals surface area contributed by atoms with E-state index in [1.54, 1.807) is 0 Å². The van der Waals surface area contributed by atoms with Gasteiger partial charge in [-0.25, -0.2) is 9.59 Å². The number of aromatic hydroxyl groups is 1. The SMILES string of the molecule is CC(C)N(CC[C@H](c1ccccc1)c1cc(CCCCCCCCN2OC(=O)OC(=O)O2)ccc1O)C(C)C. The van der Waals surface area contributed by atoms with Crippen molar-refractivity contribution in [3.05, 3.63) is 65.2 Å². The number of unbranched alkanes of at least 4 members (excludes halogenated alkanes) is 5. The van der Waals surface area contributed by atoms with E-state index in [4.69, 9.17) is 0 Å². The van der Waals surface area contributed by atoms with Gasteiger partial charge in [-0.2, -0.15) is 0 Å². The summed E-state index contributed by atoms with van der Waals surface area (Å²) in [6.07, 6.45) is 5.81. The molecular weight excluding hydrogens is 496 g/mol. The average molecular weight is 541 g/mol. The molecule has 1 heterocycles. The predicted octanol–water partition coefficient (Wildman–Crippen LogP) is 7.35. The van der Waals surface area contributed by atoms with E-state index in [-0.39, 0.29) is 5.92 Å². The molecule has 1 aliphatic rings. The van der Waals surface area contributed by atoms with E-state index in [0.717, 1.165) is 68.7 Å². The maximum Gasteiger partial charge on any atom is 0.541 e. The van der Waals surface area contributed by atoms with Crippen LogP contribution in [0.2, 0.25) is 0 Å². The molecule has 8 nitrogen and oxygen atoms in total. The second-order valence-corrected chi connectivity index (χ2v) is 10.8. The van der Waals surface area contributed by atoms with Crippen molar-refractivity contribution in [1.29, 1.82) is 0 Å². The third-order valence-electron chi connectivity index (χ3n) is 7.25. The summed E-state index contributed by atoms with van der Waals surface area (Å²) in [6.45, 7) is 10.3. The number of carbonyl (C=O) groups is 2. The molecule has 1 saturated heterocycles. The molecule has 39 heavy (non-hydrogen) atoms. The number of hydroxylamine groups is 2. The van der Waals surface area contributed by atoms with Gasteiger partial charge >= 0.3 is 12.3 Å². The minimum atomic E-state index is -1.06. The van der Waals surface area contributed by atoms with Gasteiger partial charge < -0.3 is 9.84 Å². The third kappa shape index (κ3) is 9.86. The highest BCUT2D eigenvalue weighted by Gasteiger charge is 2.28. The number of hydrogen-bond donors (Lipinski definition) is 1. The molecule has 214 valence electrons. The number of cyclic esters (lactones) is 2. The molecule has 0 aliphatic carbocycles. The Morgan fingerprint density at radius 3 is 2.08 bits per heavy atom. The summed E-state index contributed by atoms with van der Waals surface area (Å²) in [6, 6.07) is 17.6. The molecule has 0 bridgehead atoms. The zero-order valence-electron chi connectivity index (χ0n) is 23.8. The number of rotatable bonds is 16. The summed E-state index contributed by atoms with van der Waals surface area (Å²) in [7, 11) is 0. The lowest BCUT2D eigenvalue weighted by Gasteiger charge is -2.32. The van der Waals surface area contributed by atoms with Crippen LogP contribution < -0.4 is 0 Å². The van der Waals surface area contributed by atoms with Crippen molar-refractivity contribution in [2.75, 3.05) is 13.1 Å². The fourth-order valence-corrected chi connectivity index (χ4v) is 5.28. The van der Waals surface area contributed by atoms with Gasteiger partial charge in [0.2, 0.25) is 0 Å². The first-order valence-corrected chi connectivity index (χ1v) is 14.3. The van der Waals surface area contributed by atoms with Gasteiger partial charge in [0.25, 0.3) is 0 Å². The zero-order chi connectivity index (χ0) is 28.2. The number of ether oxygens (including phenoxy) is 1. The van der Waals surface area contributed by atoms with Crippen LogP contribution in [0.5, 0.6) is 5.75 Å². The van der Waals surface area contributed by atoms with Crippen molar-refractivity contribution in [3.63, 3.8) is 0 Å². The molecule has 8 heteroatoms. The quantitative estimate of drug-likeness (QED) is 0.134. The summed E-state index contributed by atoms with van der Waals surface area (Å²) in [4.78, 5) is 34.0. The van der Waals surface area contributed by atoms with E-state index in [2.05, 4.69) is 77.3 Å². The van der Waals surface area contributed by atoms with Crippen LogP contribution in [-0.4, -0.2) is 52.7 Å². The van der Waals surface area contributed by atoms with Crippen LogP contribution in [0.1, 0.15) is 95.2 Å². The first kappa shape index (κ1) is 30.4. The van der Waals surface area contributed by atoms with Gasteiger partial charge in [0.1, 0.15) is 5.75 Å². The van der Waals surface area contributed by atoms with Crippen molar-refractivity contribution in [2.45, 2.75) is 97.1 Å². The summed E-state index contributed by atoms with van der Waals surface area (Å²) in [5, 5.41) is 11.8. The average Bonchev–Trinajstić information content (AvgIpc) is 2.89. The molecule has 0 radical (unpaired) electrons. The van der Waals surface area contributed by atoms with E-state index in [1.165, 1.54) is 11.1 Å². The van der Waals surface area contributed by atoms with Crippen molar-refractivity contribution >= 4 is 12.3 Å². The zero-order valence-corrected chi connectivity index (χ0v) is 23.8. The lowest BCUT2D eigenvalue weighted by atomic mass is 9.86. The van der Waals surface area contributed by atoms with E-state index in [9.17, 15) is 14.7 Å². The highest BCUT2D eigenvalue weighted by molar-refractivity contribution is 5.77. The fraction of sp³-hybridized carbons (Fsp3) is 0.548. The molecule has 0 saturated carbocycles. The third-order valence-corrected chi connectivity index (χ3v) is 7.25. The Hall–Kier alpha value is -3.10.